The van der Waals surface area contributed by atoms with E-state index in [-0.39, 0.29) is 0 Å². The van der Waals surface area contributed by atoms with Crippen LogP contribution in [0.4, 0.5) is 11.6 Å². The second-order valence-electron chi connectivity index (χ2n) is 5.92. The Hall–Kier alpha value is -3.28. The Morgan fingerprint density at radius 3 is 2.68 bits per heavy atom. The molecular weight excluding hydrogens is 312 g/mol. The molecule has 6 nitrogen and oxygen atoms in total. The molecule has 0 radical (unpaired) electrons. The molecule has 0 saturated carbocycles. The lowest BCUT2D eigenvalue weighted by molar-refractivity contribution is 0.712. The van der Waals surface area contributed by atoms with Crippen molar-refractivity contribution in [1.29, 1.82) is 0 Å². The summed E-state index contributed by atoms with van der Waals surface area (Å²) < 4.78 is 2.02. The zero-order valence-corrected chi connectivity index (χ0v) is 14.2. The van der Waals surface area contributed by atoms with E-state index < -0.39 is 0 Å². The molecule has 2 aromatic carbocycles. The molecule has 0 aliphatic rings. The first kappa shape index (κ1) is 15.3. The Kier molecular flexibility index (Phi) is 3.85. The minimum absolute atomic E-state index is 0.628. The highest BCUT2D eigenvalue weighted by atomic mass is 15.3. The summed E-state index contributed by atoms with van der Waals surface area (Å²) in [6.45, 7) is 2.61. The van der Waals surface area contributed by atoms with Crippen LogP contribution in [0.15, 0.2) is 61.1 Å². The lowest BCUT2D eigenvalue weighted by Crippen LogP contribution is -2.13. The van der Waals surface area contributed by atoms with Crippen LogP contribution in [0.25, 0.3) is 10.9 Å². The lowest BCUT2D eigenvalue weighted by atomic mass is 10.2. The Balaban J connectivity index is 1.65. The van der Waals surface area contributed by atoms with Gasteiger partial charge in [-0.15, -0.1) is 0 Å². The first-order valence-corrected chi connectivity index (χ1v) is 8.09. The summed E-state index contributed by atoms with van der Waals surface area (Å²) in [5, 5.41) is 5.62. The number of anilines is 2. The van der Waals surface area contributed by atoms with Gasteiger partial charge in [-0.25, -0.2) is 9.97 Å². The SMILES string of the molecule is Cc1ncnc(N(C)c2ccc3c(cnn3Cc3ccccc3)c2)n1. The largest absolute Gasteiger partial charge is 0.313 e. The molecule has 0 N–H and O–H groups in total. The molecule has 124 valence electrons. The molecule has 25 heavy (non-hydrogen) atoms. The Labute approximate surface area is 145 Å². The van der Waals surface area contributed by atoms with E-state index in [1.807, 2.05) is 47.9 Å². The maximum atomic E-state index is 4.53. The van der Waals surface area contributed by atoms with Crippen LogP contribution in [0.1, 0.15) is 11.4 Å². The fourth-order valence-electron chi connectivity index (χ4n) is 2.81. The van der Waals surface area contributed by atoms with Gasteiger partial charge in [-0.05, 0) is 30.7 Å². The highest BCUT2D eigenvalue weighted by Crippen LogP contribution is 2.25. The first-order chi connectivity index (χ1) is 12.2. The van der Waals surface area contributed by atoms with Gasteiger partial charge in [0.05, 0.1) is 18.3 Å². The predicted octanol–water partition coefficient (Wildman–Crippen LogP) is 3.35. The molecule has 0 unspecified atom stereocenters. The molecule has 0 amide bonds. The van der Waals surface area contributed by atoms with E-state index in [0.717, 1.165) is 23.1 Å². The molecule has 0 atom stereocenters. The summed E-state index contributed by atoms with van der Waals surface area (Å²) in [5.74, 6) is 1.33. The third-order valence-electron chi connectivity index (χ3n) is 4.17. The maximum Gasteiger partial charge on any atom is 0.232 e. The molecule has 0 spiro atoms. The minimum atomic E-state index is 0.628. The van der Waals surface area contributed by atoms with Gasteiger partial charge in [0.2, 0.25) is 5.95 Å². The van der Waals surface area contributed by atoms with E-state index in [4.69, 9.17) is 0 Å². The van der Waals surface area contributed by atoms with Crippen molar-refractivity contribution in [3.05, 3.63) is 72.4 Å². The van der Waals surface area contributed by atoms with Crippen LogP contribution in [0.2, 0.25) is 0 Å². The molecule has 0 fully saturated rings. The summed E-state index contributed by atoms with van der Waals surface area (Å²) in [5.41, 5.74) is 3.35. The van der Waals surface area contributed by atoms with Gasteiger partial charge in [0.1, 0.15) is 12.2 Å². The third kappa shape index (κ3) is 3.06. The number of aryl methyl sites for hydroxylation is 1. The average Bonchev–Trinajstić information content (AvgIpc) is 3.04. The highest BCUT2D eigenvalue weighted by Gasteiger charge is 2.10. The van der Waals surface area contributed by atoms with E-state index in [9.17, 15) is 0 Å². The zero-order valence-electron chi connectivity index (χ0n) is 14.2. The monoisotopic (exact) mass is 330 g/mol. The normalized spacial score (nSPS) is 11.0. The number of hydrogen-bond acceptors (Lipinski definition) is 5. The van der Waals surface area contributed by atoms with Crippen molar-refractivity contribution in [3.8, 4) is 0 Å². The fraction of sp³-hybridized carbons (Fsp3) is 0.158. The summed E-state index contributed by atoms with van der Waals surface area (Å²) in [7, 11) is 1.95. The van der Waals surface area contributed by atoms with Crippen molar-refractivity contribution in [3.63, 3.8) is 0 Å². The molecule has 2 heterocycles. The number of fused-ring (bicyclic) bond motifs is 1. The number of aromatic nitrogens is 5. The van der Waals surface area contributed by atoms with Gasteiger partial charge in [0.15, 0.2) is 0 Å². The molecule has 4 rings (SSSR count). The molecule has 6 heteroatoms. The van der Waals surface area contributed by atoms with Gasteiger partial charge in [-0.2, -0.15) is 10.1 Å². The summed E-state index contributed by atoms with van der Waals surface area (Å²) >= 11 is 0. The van der Waals surface area contributed by atoms with Crippen molar-refractivity contribution in [1.82, 2.24) is 24.7 Å². The molecule has 2 aromatic heterocycles. The van der Waals surface area contributed by atoms with Crippen LogP contribution < -0.4 is 4.90 Å². The molecular formula is C19H18N6. The van der Waals surface area contributed by atoms with Gasteiger partial charge >= 0.3 is 0 Å². The molecule has 0 aliphatic heterocycles. The van der Waals surface area contributed by atoms with Crippen LogP contribution in [0.3, 0.4) is 0 Å². The van der Waals surface area contributed by atoms with Gasteiger partial charge in [-0.1, -0.05) is 30.3 Å². The topological polar surface area (TPSA) is 59.7 Å². The van der Waals surface area contributed by atoms with Crippen molar-refractivity contribution in [2.75, 3.05) is 11.9 Å². The Morgan fingerprint density at radius 2 is 1.88 bits per heavy atom. The van der Waals surface area contributed by atoms with Gasteiger partial charge in [0.25, 0.3) is 0 Å². The molecule has 4 aromatic rings. The fourth-order valence-corrected chi connectivity index (χ4v) is 2.81. The number of nitrogens with zero attached hydrogens (tertiary/aromatic N) is 6. The summed E-state index contributed by atoms with van der Waals surface area (Å²) in [6, 6.07) is 16.6. The van der Waals surface area contributed by atoms with Gasteiger partial charge in [0, 0.05) is 18.1 Å². The average molecular weight is 330 g/mol. The first-order valence-electron chi connectivity index (χ1n) is 8.09. The smallest absolute Gasteiger partial charge is 0.232 e. The highest BCUT2D eigenvalue weighted by molar-refractivity contribution is 5.83. The summed E-state index contributed by atoms with van der Waals surface area (Å²) in [4.78, 5) is 14.6. The standard InChI is InChI=1S/C19H18N6/c1-14-20-13-21-19(23-14)24(2)17-8-9-18-16(10-17)11-22-25(18)12-15-6-4-3-5-7-15/h3-11,13H,12H2,1-2H3. The van der Waals surface area contributed by atoms with Crippen LogP contribution in [-0.4, -0.2) is 31.8 Å². The second kappa shape index (κ2) is 6.32. The quantitative estimate of drug-likeness (QED) is 0.574. The van der Waals surface area contributed by atoms with Crippen LogP contribution in [-0.2, 0) is 6.54 Å². The van der Waals surface area contributed by atoms with Crippen molar-refractivity contribution < 1.29 is 0 Å². The summed E-state index contributed by atoms with van der Waals surface area (Å²) in [6.07, 6.45) is 3.43. The lowest BCUT2D eigenvalue weighted by Gasteiger charge is -2.17. The van der Waals surface area contributed by atoms with Crippen molar-refractivity contribution in [2.45, 2.75) is 13.5 Å². The van der Waals surface area contributed by atoms with Crippen LogP contribution in [0.5, 0.6) is 0 Å². The van der Waals surface area contributed by atoms with Crippen LogP contribution >= 0.6 is 0 Å². The van der Waals surface area contributed by atoms with E-state index in [1.165, 1.54) is 11.9 Å². The second-order valence-corrected chi connectivity index (χ2v) is 5.92. The van der Waals surface area contributed by atoms with Crippen LogP contribution in [0, 0.1) is 6.92 Å². The molecule has 0 saturated heterocycles. The predicted molar refractivity (Wildman–Crippen MR) is 97.9 cm³/mol. The molecule has 0 aliphatic carbocycles. The van der Waals surface area contributed by atoms with Crippen molar-refractivity contribution in [2.24, 2.45) is 0 Å². The van der Waals surface area contributed by atoms with Gasteiger partial charge < -0.3 is 4.90 Å². The minimum Gasteiger partial charge on any atom is -0.313 e. The number of rotatable bonds is 4. The Bertz CT molecular complexity index is 1010. The van der Waals surface area contributed by atoms with E-state index >= 15 is 0 Å². The van der Waals surface area contributed by atoms with E-state index in [0.29, 0.717) is 11.8 Å². The number of hydrogen-bond donors (Lipinski definition) is 0. The van der Waals surface area contributed by atoms with E-state index in [1.54, 1.807) is 0 Å². The Morgan fingerprint density at radius 1 is 1.04 bits per heavy atom. The van der Waals surface area contributed by atoms with Crippen molar-refractivity contribution >= 4 is 22.5 Å². The van der Waals surface area contributed by atoms with Gasteiger partial charge in [-0.3, -0.25) is 4.68 Å². The zero-order chi connectivity index (χ0) is 17.2. The number of benzene rings is 2. The third-order valence-corrected chi connectivity index (χ3v) is 4.17. The molecule has 0 bridgehead atoms. The van der Waals surface area contributed by atoms with E-state index in [2.05, 4.69) is 50.4 Å². The maximum absolute atomic E-state index is 4.53.